The first kappa shape index (κ1) is 28.4. The second kappa shape index (κ2) is 12.1. The fourth-order valence-electron chi connectivity index (χ4n) is 6.10. The van der Waals surface area contributed by atoms with Gasteiger partial charge in [-0.3, -0.25) is 0 Å². The Balaban J connectivity index is 1.14. The minimum Gasteiger partial charge on any atom is -0.434 e. The van der Waals surface area contributed by atoms with E-state index in [1.165, 1.54) is 0 Å². The molecule has 0 unspecified atom stereocenters. The number of nitrogens with zero attached hydrogens (tertiary/aromatic N) is 5. The van der Waals surface area contributed by atoms with Crippen LogP contribution in [-0.4, -0.2) is 24.9 Å². The van der Waals surface area contributed by atoms with E-state index in [9.17, 15) is 0 Å². The molecule has 0 atom stereocenters. The smallest absolute Gasteiger partial charge is 0.229 e. The molecule has 49 heavy (non-hydrogen) atoms. The van der Waals surface area contributed by atoms with Crippen LogP contribution in [0.15, 0.2) is 168 Å². The number of hydrogen-bond acceptors (Lipinski definition) is 6. The average molecular weight is 630 g/mol. The van der Waals surface area contributed by atoms with Crippen LogP contribution in [0, 0.1) is 0 Å². The van der Waals surface area contributed by atoms with E-state index in [-0.39, 0.29) is 0 Å². The molecule has 9 rings (SSSR count). The SMILES string of the molecule is c1ccc(-c2cc(-c3ccc(-c4cnc5oc6c(-c7ccccc7)nc(-c7ccccc7)nc6c5c4)cc3)nc(-c3ccccc3)n2)cc1. The summed E-state index contributed by atoms with van der Waals surface area (Å²) >= 11 is 0. The Labute approximate surface area is 282 Å². The molecule has 0 fully saturated rings. The Bertz CT molecular complexity index is 2510. The van der Waals surface area contributed by atoms with Crippen LogP contribution in [0.4, 0.5) is 0 Å². The molecule has 0 bridgehead atoms. The summed E-state index contributed by atoms with van der Waals surface area (Å²) in [6, 6.07) is 52.9. The van der Waals surface area contributed by atoms with Crippen molar-refractivity contribution in [1.29, 1.82) is 0 Å². The summed E-state index contributed by atoms with van der Waals surface area (Å²) in [6.07, 6.45) is 1.85. The van der Waals surface area contributed by atoms with Gasteiger partial charge in [-0.25, -0.2) is 24.9 Å². The molecule has 0 aliphatic carbocycles. The molecule has 0 N–H and O–H groups in total. The Morgan fingerprint density at radius 2 is 0.878 bits per heavy atom. The molecule has 0 radical (unpaired) electrons. The molecule has 6 nitrogen and oxygen atoms in total. The summed E-state index contributed by atoms with van der Waals surface area (Å²) in [5, 5.41) is 0.837. The van der Waals surface area contributed by atoms with Gasteiger partial charge in [0, 0.05) is 39.6 Å². The molecule has 0 saturated heterocycles. The van der Waals surface area contributed by atoms with Gasteiger partial charge < -0.3 is 4.42 Å². The van der Waals surface area contributed by atoms with Gasteiger partial charge in [0.15, 0.2) is 17.2 Å². The Morgan fingerprint density at radius 3 is 1.47 bits per heavy atom. The predicted molar refractivity (Wildman–Crippen MR) is 195 cm³/mol. The summed E-state index contributed by atoms with van der Waals surface area (Å²) in [4.78, 5) is 24.6. The van der Waals surface area contributed by atoms with Crippen molar-refractivity contribution in [3.63, 3.8) is 0 Å². The van der Waals surface area contributed by atoms with E-state index in [4.69, 9.17) is 29.3 Å². The van der Waals surface area contributed by atoms with E-state index in [2.05, 4.69) is 48.5 Å². The molecular formula is C43H27N5O. The van der Waals surface area contributed by atoms with Crippen molar-refractivity contribution in [2.45, 2.75) is 0 Å². The number of rotatable bonds is 6. The number of aromatic nitrogens is 5. The fraction of sp³-hybridized carbons (Fsp3) is 0. The maximum absolute atomic E-state index is 6.34. The Kier molecular flexibility index (Phi) is 7.02. The lowest BCUT2D eigenvalue weighted by Crippen LogP contribution is -1.95. The first-order valence-corrected chi connectivity index (χ1v) is 16.1. The third-order valence-corrected chi connectivity index (χ3v) is 8.59. The molecule has 0 aliphatic rings. The van der Waals surface area contributed by atoms with Crippen molar-refractivity contribution in [3.05, 3.63) is 164 Å². The number of fused-ring (bicyclic) bond motifs is 3. The van der Waals surface area contributed by atoms with E-state index in [0.29, 0.717) is 22.9 Å². The largest absolute Gasteiger partial charge is 0.434 e. The first-order chi connectivity index (χ1) is 24.3. The Hall–Kier alpha value is -6.79. The van der Waals surface area contributed by atoms with Crippen molar-refractivity contribution in [3.8, 4) is 67.7 Å². The molecule has 0 aliphatic heterocycles. The molecule has 0 spiro atoms. The van der Waals surface area contributed by atoms with Crippen LogP contribution >= 0.6 is 0 Å². The quantitative estimate of drug-likeness (QED) is 0.182. The van der Waals surface area contributed by atoms with Crippen LogP contribution in [0.25, 0.3) is 89.9 Å². The van der Waals surface area contributed by atoms with E-state index >= 15 is 0 Å². The second-order valence-electron chi connectivity index (χ2n) is 11.8. The van der Waals surface area contributed by atoms with Gasteiger partial charge in [-0.2, -0.15) is 0 Å². The average Bonchev–Trinajstić information content (AvgIpc) is 3.57. The highest BCUT2D eigenvalue weighted by molar-refractivity contribution is 6.07. The summed E-state index contributed by atoms with van der Waals surface area (Å²) in [6.45, 7) is 0. The van der Waals surface area contributed by atoms with E-state index in [1.54, 1.807) is 0 Å². The van der Waals surface area contributed by atoms with E-state index in [1.807, 2.05) is 115 Å². The lowest BCUT2D eigenvalue weighted by atomic mass is 10.0. The molecule has 4 aromatic heterocycles. The maximum Gasteiger partial charge on any atom is 0.229 e. The van der Waals surface area contributed by atoms with E-state index < -0.39 is 0 Å². The fourth-order valence-corrected chi connectivity index (χ4v) is 6.10. The highest BCUT2D eigenvalue weighted by Crippen LogP contribution is 2.37. The van der Waals surface area contributed by atoms with Crippen LogP contribution in [-0.2, 0) is 0 Å². The number of pyridine rings is 1. The lowest BCUT2D eigenvalue weighted by Gasteiger charge is -2.10. The van der Waals surface area contributed by atoms with Gasteiger partial charge in [-0.05, 0) is 17.7 Å². The van der Waals surface area contributed by atoms with Crippen LogP contribution in [0.3, 0.4) is 0 Å². The number of hydrogen-bond donors (Lipinski definition) is 0. The van der Waals surface area contributed by atoms with Gasteiger partial charge in [-0.15, -0.1) is 0 Å². The van der Waals surface area contributed by atoms with Crippen molar-refractivity contribution < 1.29 is 4.42 Å². The van der Waals surface area contributed by atoms with Gasteiger partial charge in [0.1, 0.15) is 11.2 Å². The molecule has 9 aromatic rings. The second-order valence-corrected chi connectivity index (χ2v) is 11.8. The minimum atomic E-state index is 0.523. The highest BCUT2D eigenvalue weighted by Gasteiger charge is 2.19. The van der Waals surface area contributed by atoms with Gasteiger partial charge >= 0.3 is 0 Å². The van der Waals surface area contributed by atoms with Crippen LogP contribution in [0.5, 0.6) is 0 Å². The topological polar surface area (TPSA) is 77.6 Å². The lowest BCUT2D eigenvalue weighted by molar-refractivity contribution is 0.653. The number of furan rings is 1. The van der Waals surface area contributed by atoms with E-state index in [0.717, 1.165) is 66.9 Å². The van der Waals surface area contributed by atoms with Crippen molar-refractivity contribution in [1.82, 2.24) is 24.9 Å². The third-order valence-electron chi connectivity index (χ3n) is 8.59. The van der Waals surface area contributed by atoms with Gasteiger partial charge in [0.05, 0.1) is 16.8 Å². The van der Waals surface area contributed by atoms with Gasteiger partial charge in [0.2, 0.25) is 5.71 Å². The first-order valence-electron chi connectivity index (χ1n) is 16.1. The number of benzene rings is 5. The van der Waals surface area contributed by atoms with Crippen LogP contribution < -0.4 is 0 Å². The standard InChI is InChI=1S/C43H27N5O/c1-5-13-29(14-6-1)36-26-37(46-41(45-36)32-17-9-3-10-18-32)30-23-21-28(22-24-30)34-25-35-39-40(49-43(35)44-27-34)38(31-15-7-2-8-16-31)47-42(48-39)33-19-11-4-12-20-33/h1-27H. The predicted octanol–water partition coefficient (Wildman–Crippen LogP) is 10.6. The Morgan fingerprint density at radius 1 is 0.388 bits per heavy atom. The summed E-state index contributed by atoms with van der Waals surface area (Å²) in [5.74, 6) is 1.33. The molecule has 6 heteroatoms. The molecule has 230 valence electrons. The molecule has 5 aromatic carbocycles. The van der Waals surface area contributed by atoms with Gasteiger partial charge in [-0.1, -0.05) is 146 Å². The third kappa shape index (κ3) is 5.41. The molecular weight excluding hydrogens is 603 g/mol. The summed E-state index contributed by atoms with van der Waals surface area (Å²) < 4.78 is 6.34. The zero-order valence-electron chi connectivity index (χ0n) is 26.2. The monoisotopic (exact) mass is 629 g/mol. The summed E-state index contributed by atoms with van der Waals surface area (Å²) in [5.41, 5.74) is 11.2. The normalized spacial score (nSPS) is 11.3. The summed E-state index contributed by atoms with van der Waals surface area (Å²) in [7, 11) is 0. The van der Waals surface area contributed by atoms with Crippen LogP contribution in [0.1, 0.15) is 0 Å². The van der Waals surface area contributed by atoms with Crippen molar-refractivity contribution in [2.24, 2.45) is 0 Å². The zero-order valence-corrected chi connectivity index (χ0v) is 26.2. The highest BCUT2D eigenvalue weighted by atomic mass is 16.3. The van der Waals surface area contributed by atoms with Crippen LogP contribution in [0.2, 0.25) is 0 Å². The maximum atomic E-state index is 6.34. The minimum absolute atomic E-state index is 0.523. The van der Waals surface area contributed by atoms with Crippen molar-refractivity contribution in [2.75, 3.05) is 0 Å². The van der Waals surface area contributed by atoms with Crippen molar-refractivity contribution >= 4 is 22.2 Å². The molecule has 4 heterocycles. The van der Waals surface area contributed by atoms with Gasteiger partial charge in [0.25, 0.3) is 0 Å². The molecule has 0 amide bonds. The zero-order chi connectivity index (χ0) is 32.6. The molecule has 0 saturated carbocycles.